The smallest absolute Gasteiger partial charge is 0.245 e. The number of benzene rings is 2. The second kappa shape index (κ2) is 8.12. The number of anilines is 1. The summed E-state index contributed by atoms with van der Waals surface area (Å²) in [6.45, 7) is 0. The number of carbonyl (C=O) groups excluding carboxylic acids is 1. The molecule has 3 aromatic rings. The predicted octanol–water partition coefficient (Wildman–Crippen LogP) is 2.73. The predicted molar refractivity (Wildman–Crippen MR) is 97.5 cm³/mol. The van der Waals surface area contributed by atoms with Crippen LogP contribution in [-0.4, -0.2) is 32.9 Å². The minimum Gasteiger partial charge on any atom is -0.287 e. The number of para-hydroxylation sites is 1. The molecule has 0 saturated heterocycles. The van der Waals surface area contributed by atoms with Gasteiger partial charge in [0.15, 0.2) is 0 Å². The van der Waals surface area contributed by atoms with Gasteiger partial charge in [-0.25, -0.2) is 10.1 Å². The zero-order valence-electron chi connectivity index (χ0n) is 13.5. The van der Waals surface area contributed by atoms with E-state index in [9.17, 15) is 4.79 Å². The fourth-order valence-corrected chi connectivity index (χ4v) is 2.06. The number of aromatic nitrogens is 3. The second-order valence-electron chi connectivity index (χ2n) is 5.03. The summed E-state index contributed by atoms with van der Waals surface area (Å²) in [7, 11) is 0. The molecule has 0 fully saturated rings. The lowest BCUT2D eigenvalue weighted by molar-refractivity contribution is 0.106. The highest BCUT2D eigenvalue weighted by atomic mass is 16.1. The van der Waals surface area contributed by atoms with Crippen LogP contribution in [0.25, 0.3) is 0 Å². The molecule has 0 aliphatic heterocycles. The number of hydrogen-bond donors (Lipinski definition) is 2. The van der Waals surface area contributed by atoms with Crippen LogP contribution in [0, 0.1) is 11.3 Å². The highest BCUT2D eigenvalue weighted by Crippen LogP contribution is 2.13. The summed E-state index contributed by atoms with van der Waals surface area (Å²) in [6.07, 6.45) is 2.60. The summed E-state index contributed by atoms with van der Waals surface area (Å²) in [5, 5.41) is 19.5. The van der Waals surface area contributed by atoms with Gasteiger partial charge in [-0.2, -0.15) is 20.4 Å². The molecule has 26 heavy (non-hydrogen) atoms. The van der Waals surface area contributed by atoms with Gasteiger partial charge in [0.2, 0.25) is 11.7 Å². The lowest BCUT2D eigenvalue weighted by Gasteiger charge is -2.05. The minimum atomic E-state index is -0.323. The van der Waals surface area contributed by atoms with E-state index in [0.29, 0.717) is 16.8 Å². The van der Waals surface area contributed by atoms with Crippen LogP contribution >= 0.6 is 0 Å². The van der Waals surface area contributed by atoms with Crippen molar-refractivity contribution < 1.29 is 4.79 Å². The standard InChI is InChI=1S/C18H13N7O/c19-10-14-8-4-5-9-15(14)23-24-16(11-20-18-21-12-22-25-18)17(26)13-6-2-1-3-7-13/h1-9,11-12,23H,(H,21,22,25)/b20-11+,24-16-. The van der Waals surface area contributed by atoms with Crippen molar-refractivity contribution in [3.05, 3.63) is 72.1 Å². The molecular weight excluding hydrogens is 330 g/mol. The minimum absolute atomic E-state index is 0.0559. The van der Waals surface area contributed by atoms with Gasteiger partial charge in [-0.3, -0.25) is 10.2 Å². The molecule has 0 aliphatic rings. The number of Topliss-reactive ketones (excluding diaryl/α,β-unsaturated/α-hetero) is 1. The Hall–Kier alpha value is -4.12. The lowest BCUT2D eigenvalue weighted by Crippen LogP contribution is -2.17. The van der Waals surface area contributed by atoms with Gasteiger partial charge in [-0.1, -0.05) is 42.5 Å². The molecule has 0 amide bonds. The van der Waals surface area contributed by atoms with Gasteiger partial charge < -0.3 is 0 Å². The van der Waals surface area contributed by atoms with E-state index in [0.717, 1.165) is 0 Å². The molecule has 0 saturated carbocycles. The van der Waals surface area contributed by atoms with Gasteiger partial charge >= 0.3 is 0 Å². The Morgan fingerprint density at radius 3 is 2.65 bits per heavy atom. The first-order valence-electron chi connectivity index (χ1n) is 7.60. The third-order valence-electron chi connectivity index (χ3n) is 3.32. The Labute approximate surface area is 148 Å². The zero-order valence-corrected chi connectivity index (χ0v) is 13.5. The molecule has 8 nitrogen and oxygen atoms in total. The largest absolute Gasteiger partial charge is 0.287 e. The van der Waals surface area contributed by atoms with Crippen LogP contribution in [0.1, 0.15) is 15.9 Å². The van der Waals surface area contributed by atoms with E-state index in [1.54, 1.807) is 48.5 Å². The van der Waals surface area contributed by atoms with E-state index in [1.165, 1.54) is 12.5 Å². The van der Waals surface area contributed by atoms with E-state index in [4.69, 9.17) is 5.26 Å². The van der Waals surface area contributed by atoms with Crippen molar-refractivity contribution in [1.82, 2.24) is 15.2 Å². The summed E-state index contributed by atoms with van der Waals surface area (Å²) >= 11 is 0. The average Bonchev–Trinajstić information content (AvgIpc) is 3.22. The first kappa shape index (κ1) is 16.7. The number of hydrazone groups is 1. The first-order chi connectivity index (χ1) is 12.8. The number of rotatable bonds is 6. The molecule has 2 aromatic carbocycles. The molecule has 0 atom stereocenters. The third-order valence-corrected chi connectivity index (χ3v) is 3.32. The van der Waals surface area contributed by atoms with Crippen LogP contribution in [-0.2, 0) is 0 Å². The number of ketones is 1. The van der Waals surface area contributed by atoms with Gasteiger partial charge in [0.1, 0.15) is 18.1 Å². The van der Waals surface area contributed by atoms with E-state index >= 15 is 0 Å². The molecule has 3 rings (SSSR count). The van der Waals surface area contributed by atoms with Crippen LogP contribution in [0.4, 0.5) is 11.6 Å². The van der Waals surface area contributed by atoms with E-state index in [-0.39, 0.29) is 17.4 Å². The number of aromatic amines is 1. The third kappa shape index (κ3) is 4.04. The van der Waals surface area contributed by atoms with Crippen LogP contribution in [0.3, 0.4) is 0 Å². The van der Waals surface area contributed by atoms with Gasteiger partial charge in [0, 0.05) is 5.56 Å². The summed E-state index contributed by atoms with van der Waals surface area (Å²) in [5.41, 5.74) is 4.17. The molecule has 2 N–H and O–H groups in total. The van der Waals surface area contributed by atoms with Crippen molar-refractivity contribution in [2.45, 2.75) is 0 Å². The molecule has 0 radical (unpaired) electrons. The van der Waals surface area contributed by atoms with E-state index in [2.05, 4.69) is 36.8 Å². The van der Waals surface area contributed by atoms with Gasteiger partial charge in [-0.15, -0.1) is 0 Å². The van der Waals surface area contributed by atoms with Crippen molar-refractivity contribution in [3.8, 4) is 6.07 Å². The molecule has 0 bridgehead atoms. The maximum atomic E-state index is 12.7. The second-order valence-corrected chi connectivity index (χ2v) is 5.03. The van der Waals surface area contributed by atoms with Gasteiger partial charge in [-0.05, 0) is 12.1 Å². The molecule has 126 valence electrons. The Kier molecular flexibility index (Phi) is 5.22. The Morgan fingerprint density at radius 1 is 1.15 bits per heavy atom. The summed E-state index contributed by atoms with van der Waals surface area (Å²) in [4.78, 5) is 20.6. The van der Waals surface area contributed by atoms with Crippen LogP contribution in [0.5, 0.6) is 0 Å². The lowest BCUT2D eigenvalue weighted by atomic mass is 10.1. The number of H-pyrrole nitrogens is 1. The zero-order chi connectivity index (χ0) is 18.2. The van der Waals surface area contributed by atoms with Gasteiger partial charge in [0.05, 0.1) is 17.5 Å². The molecular formula is C18H13N7O. The Morgan fingerprint density at radius 2 is 1.92 bits per heavy atom. The van der Waals surface area contributed by atoms with Crippen molar-refractivity contribution >= 4 is 29.3 Å². The number of nitrogens with one attached hydrogen (secondary N) is 2. The molecule has 0 spiro atoms. The molecule has 0 aliphatic carbocycles. The highest BCUT2D eigenvalue weighted by molar-refractivity contribution is 6.65. The SMILES string of the molecule is N#Cc1ccccc1N/N=C(/C=N/c1ncn[nH]1)C(=O)c1ccccc1. The van der Waals surface area contributed by atoms with Crippen molar-refractivity contribution in [2.24, 2.45) is 10.1 Å². The normalized spacial score (nSPS) is 11.3. The number of aliphatic imine (C=N–C) groups is 1. The average molecular weight is 343 g/mol. The van der Waals surface area contributed by atoms with Crippen molar-refractivity contribution in [3.63, 3.8) is 0 Å². The van der Waals surface area contributed by atoms with Crippen molar-refractivity contribution in [2.75, 3.05) is 5.43 Å². The molecule has 1 heterocycles. The topological polar surface area (TPSA) is 119 Å². The molecule has 0 unspecified atom stereocenters. The van der Waals surface area contributed by atoms with E-state index < -0.39 is 0 Å². The Balaban J connectivity index is 1.92. The van der Waals surface area contributed by atoms with Gasteiger partial charge in [0.25, 0.3) is 0 Å². The summed E-state index contributed by atoms with van der Waals surface area (Å²) in [6, 6.07) is 17.6. The van der Waals surface area contributed by atoms with Crippen molar-refractivity contribution in [1.29, 1.82) is 5.26 Å². The monoisotopic (exact) mass is 343 g/mol. The number of hydrogen-bond acceptors (Lipinski definition) is 7. The summed E-state index contributed by atoms with van der Waals surface area (Å²) in [5.74, 6) is -0.0770. The number of nitrogens with zero attached hydrogens (tertiary/aromatic N) is 5. The van der Waals surface area contributed by atoms with Crippen LogP contribution in [0.2, 0.25) is 0 Å². The highest BCUT2D eigenvalue weighted by Gasteiger charge is 2.13. The number of carbonyl (C=O) groups is 1. The van der Waals surface area contributed by atoms with E-state index in [1.807, 2.05) is 6.07 Å². The maximum absolute atomic E-state index is 12.7. The molecule has 1 aromatic heterocycles. The maximum Gasteiger partial charge on any atom is 0.245 e. The quantitative estimate of drug-likeness (QED) is 0.405. The van der Waals surface area contributed by atoms with Crippen LogP contribution < -0.4 is 5.43 Å². The number of nitriles is 1. The fraction of sp³-hybridized carbons (Fsp3) is 0. The summed E-state index contributed by atoms with van der Waals surface area (Å²) < 4.78 is 0. The van der Waals surface area contributed by atoms with Crippen LogP contribution in [0.15, 0.2) is 71.0 Å². The first-order valence-corrected chi connectivity index (χ1v) is 7.60. The molecule has 8 heteroatoms. The Bertz CT molecular complexity index is 986. The fourth-order valence-electron chi connectivity index (χ4n) is 2.06.